The normalized spacial score (nSPS) is 15.6. The van der Waals surface area contributed by atoms with E-state index in [4.69, 9.17) is 18.9 Å². The molecule has 0 aliphatic carbocycles. The van der Waals surface area contributed by atoms with E-state index >= 15 is 0 Å². The molecule has 0 bridgehead atoms. The SMILES string of the molecule is C[C@@H](Oc1ccc2c(c1)OCO2)C(=O)Nc1ccc2c(c1)N(C)C(=O)CO2. The molecule has 0 spiro atoms. The van der Waals surface area contributed by atoms with Crippen LogP contribution in [-0.4, -0.2) is 38.4 Å². The van der Waals surface area contributed by atoms with Gasteiger partial charge in [-0.15, -0.1) is 0 Å². The number of benzene rings is 2. The molecular formula is C19H18N2O6. The summed E-state index contributed by atoms with van der Waals surface area (Å²) in [6.07, 6.45) is -0.739. The lowest BCUT2D eigenvalue weighted by Gasteiger charge is -2.26. The van der Waals surface area contributed by atoms with E-state index in [1.165, 1.54) is 4.90 Å². The Morgan fingerprint density at radius 2 is 1.89 bits per heavy atom. The van der Waals surface area contributed by atoms with Crippen molar-refractivity contribution in [2.24, 2.45) is 0 Å². The van der Waals surface area contributed by atoms with Crippen molar-refractivity contribution in [3.05, 3.63) is 36.4 Å². The van der Waals surface area contributed by atoms with E-state index in [0.29, 0.717) is 34.4 Å². The highest BCUT2D eigenvalue weighted by Gasteiger charge is 2.23. The number of nitrogens with one attached hydrogen (secondary N) is 1. The Bertz CT molecular complexity index is 913. The molecule has 0 fully saturated rings. The minimum absolute atomic E-state index is 0.00954. The van der Waals surface area contributed by atoms with Crippen LogP contribution < -0.4 is 29.2 Å². The largest absolute Gasteiger partial charge is 0.482 e. The molecule has 27 heavy (non-hydrogen) atoms. The molecule has 1 N–H and O–H groups in total. The van der Waals surface area contributed by atoms with E-state index in [1.807, 2.05) is 0 Å². The van der Waals surface area contributed by atoms with Crippen LogP contribution in [-0.2, 0) is 9.59 Å². The highest BCUT2D eigenvalue weighted by atomic mass is 16.7. The molecule has 0 radical (unpaired) electrons. The molecule has 0 unspecified atom stereocenters. The molecule has 140 valence electrons. The fourth-order valence-corrected chi connectivity index (χ4v) is 2.80. The summed E-state index contributed by atoms with van der Waals surface area (Å²) in [5.41, 5.74) is 1.15. The van der Waals surface area contributed by atoms with Crippen LogP contribution in [0.25, 0.3) is 0 Å². The Kier molecular flexibility index (Phi) is 4.23. The van der Waals surface area contributed by atoms with Gasteiger partial charge in [-0.2, -0.15) is 0 Å². The third kappa shape index (κ3) is 3.33. The summed E-state index contributed by atoms with van der Waals surface area (Å²) >= 11 is 0. The summed E-state index contributed by atoms with van der Waals surface area (Å²) < 4.78 is 21.6. The second-order valence-electron chi connectivity index (χ2n) is 6.19. The van der Waals surface area contributed by atoms with Gasteiger partial charge in [0, 0.05) is 18.8 Å². The van der Waals surface area contributed by atoms with Crippen molar-refractivity contribution in [1.29, 1.82) is 0 Å². The van der Waals surface area contributed by atoms with Gasteiger partial charge in [-0.1, -0.05) is 0 Å². The fourth-order valence-electron chi connectivity index (χ4n) is 2.80. The van der Waals surface area contributed by atoms with E-state index in [0.717, 1.165) is 0 Å². The second kappa shape index (κ2) is 6.71. The third-order valence-electron chi connectivity index (χ3n) is 4.34. The van der Waals surface area contributed by atoms with Gasteiger partial charge in [0.1, 0.15) is 11.5 Å². The van der Waals surface area contributed by atoms with Gasteiger partial charge in [0.2, 0.25) is 6.79 Å². The second-order valence-corrected chi connectivity index (χ2v) is 6.19. The number of ether oxygens (including phenoxy) is 4. The van der Waals surface area contributed by atoms with Crippen LogP contribution in [0.2, 0.25) is 0 Å². The van der Waals surface area contributed by atoms with Crippen molar-refractivity contribution in [3.8, 4) is 23.0 Å². The van der Waals surface area contributed by atoms with Crippen molar-refractivity contribution in [1.82, 2.24) is 0 Å². The zero-order chi connectivity index (χ0) is 19.0. The van der Waals surface area contributed by atoms with Crippen LogP contribution in [0.4, 0.5) is 11.4 Å². The van der Waals surface area contributed by atoms with E-state index in [9.17, 15) is 9.59 Å². The average molecular weight is 370 g/mol. The molecule has 2 aliphatic heterocycles. The fraction of sp³-hybridized carbons (Fsp3) is 0.263. The van der Waals surface area contributed by atoms with Crippen molar-refractivity contribution in [2.75, 3.05) is 30.7 Å². The molecule has 1 atom stereocenters. The minimum Gasteiger partial charge on any atom is -0.482 e. The van der Waals surface area contributed by atoms with Crippen molar-refractivity contribution >= 4 is 23.2 Å². The van der Waals surface area contributed by atoms with Crippen molar-refractivity contribution in [3.63, 3.8) is 0 Å². The number of amides is 2. The van der Waals surface area contributed by atoms with Gasteiger partial charge in [0.25, 0.3) is 11.8 Å². The first-order chi connectivity index (χ1) is 13.0. The highest BCUT2D eigenvalue weighted by Crippen LogP contribution is 2.36. The summed E-state index contributed by atoms with van der Waals surface area (Å²) in [5, 5.41) is 2.79. The van der Waals surface area contributed by atoms with E-state index in [-0.39, 0.29) is 25.2 Å². The Morgan fingerprint density at radius 3 is 2.74 bits per heavy atom. The zero-order valence-corrected chi connectivity index (χ0v) is 14.9. The molecule has 2 heterocycles. The Labute approximate surface area is 155 Å². The maximum atomic E-state index is 12.5. The number of carbonyl (C=O) groups excluding carboxylic acids is 2. The lowest BCUT2D eigenvalue weighted by molar-refractivity contribution is -0.122. The Hall–Kier alpha value is -3.42. The molecule has 0 saturated heterocycles. The molecule has 0 aromatic heterocycles. The first kappa shape index (κ1) is 17.0. The summed E-state index contributed by atoms with van der Waals surface area (Å²) in [6.45, 7) is 1.83. The first-order valence-electron chi connectivity index (χ1n) is 8.42. The lowest BCUT2D eigenvalue weighted by atomic mass is 10.2. The third-order valence-corrected chi connectivity index (χ3v) is 4.34. The van der Waals surface area contributed by atoms with Crippen LogP contribution in [0.1, 0.15) is 6.92 Å². The molecular weight excluding hydrogens is 352 g/mol. The van der Waals surface area contributed by atoms with Gasteiger partial charge in [-0.3, -0.25) is 9.59 Å². The summed E-state index contributed by atoms with van der Waals surface area (Å²) in [7, 11) is 1.67. The number of fused-ring (bicyclic) bond motifs is 2. The van der Waals surface area contributed by atoms with Gasteiger partial charge in [-0.25, -0.2) is 0 Å². The van der Waals surface area contributed by atoms with Crippen LogP contribution in [0.15, 0.2) is 36.4 Å². The number of carbonyl (C=O) groups is 2. The topological polar surface area (TPSA) is 86.3 Å². The van der Waals surface area contributed by atoms with Gasteiger partial charge in [0.15, 0.2) is 24.2 Å². The molecule has 2 aromatic carbocycles. The molecule has 8 heteroatoms. The number of hydrogen-bond donors (Lipinski definition) is 1. The highest BCUT2D eigenvalue weighted by molar-refractivity contribution is 5.99. The standard InChI is InChI=1S/C19H18N2O6/c1-11(27-13-4-6-16-17(8-13)26-10-25-16)19(23)20-12-3-5-15-14(7-12)21(2)18(22)9-24-15/h3-8,11H,9-10H2,1-2H3,(H,20,23)/t11-/m1/s1. The average Bonchev–Trinajstić information content (AvgIpc) is 3.13. The van der Waals surface area contributed by atoms with E-state index in [1.54, 1.807) is 50.4 Å². The van der Waals surface area contributed by atoms with Gasteiger partial charge in [-0.05, 0) is 37.3 Å². The minimum atomic E-state index is -0.739. The van der Waals surface area contributed by atoms with Crippen LogP contribution >= 0.6 is 0 Å². The molecule has 2 aliphatic rings. The number of likely N-dealkylation sites (N-methyl/N-ethyl adjacent to an activating group) is 1. The molecule has 4 rings (SSSR count). The van der Waals surface area contributed by atoms with E-state index < -0.39 is 6.10 Å². The van der Waals surface area contributed by atoms with Crippen molar-refractivity contribution < 1.29 is 28.5 Å². The number of rotatable bonds is 4. The maximum Gasteiger partial charge on any atom is 0.265 e. The predicted octanol–water partition coefficient (Wildman–Crippen LogP) is 2.18. The Balaban J connectivity index is 1.43. The van der Waals surface area contributed by atoms with Crippen molar-refractivity contribution in [2.45, 2.75) is 13.0 Å². The molecule has 0 saturated carbocycles. The monoisotopic (exact) mass is 370 g/mol. The summed E-state index contributed by atoms with van der Waals surface area (Å²) in [5.74, 6) is 1.87. The van der Waals surface area contributed by atoms with Crippen LogP contribution in [0.5, 0.6) is 23.0 Å². The maximum absolute atomic E-state index is 12.5. The number of hydrogen-bond acceptors (Lipinski definition) is 6. The first-order valence-corrected chi connectivity index (χ1v) is 8.42. The Morgan fingerprint density at radius 1 is 1.11 bits per heavy atom. The molecule has 2 amide bonds. The number of nitrogens with zero attached hydrogens (tertiary/aromatic N) is 1. The summed E-state index contributed by atoms with van der Waals surface area (Å²) in [6, 6.07) is 10.3. The van der Waals surface area contributed by atoms with Gasteiger partial charge in [0.05, 0.1) is 5.69 Å². The lowest BCUT2D eigenvalue weighted by Crippen LogP contribution is -2.35. The van der Waals surface area contributed by atoms with Crippen LogP contribution in [0.3, 0.4) is 0 Å². The van der Waals surface area contributed by atoms with E-state index in [2.05, 4.69) is 5.32 Å². The van der Waals surface area contributed by atoms with Gasteiger partial charge >= 0.3 is 0 Å². The number of anilines is 2. The predicted molar refractivity (Wildman–Crippen MR) is 96.6 cm³/mol. The smallest absolute Gasteiger partial charge is 0.265 e. The zero-order valence-electron chi connectivity index (χ0n) is 14.9. The molecule has 2 aromatic rings. The quantitative estimate of drug-likeness (QED) is 0.888. The molecule has 8 nitrogen and oxygen atoms in total. The summed E-state index contributed by atoms with van der Waals surface area (Å²) in [4.78, 5) is 25.7. The van der Waals surface area contributed by atoms with Crippen LogP contribution in [0, 0.1) is 0 Å². The van der Waals surface area contributed by atoms with Gasteiger partial charge < -0.3 is 29.2 Å².